The number of morpholine rings is 1. The molecule has 6 heteroatoms. The molecule has 2 bridgehead atoms. The lowest BCUT2D eigenvalue weighted by Gasteiger charge is -2.41. The van der Waals surface area contributed by atoms with Gasteiger partial charge in [0, 0.05) is 37.8 Å². The van der Waals surface area contributed by atoms with E-state index in [-0.39, 0.29) is 23.8 Å². The van der Waals surface area contributed by atoms with Gasteiger partial charge in [0.15, 0.2) is 0 Å². The lowest BCUT2D eigenvalue weighted by Crippen LogP contribution is -2.60. The van der Waals surface area contributed by atoms with Crippen molar-refractivity contribution >= 4 is 6.09 Å². The van der Waals surface area contributed by atoms with Crippen LogP contribution in [-0.2, 0) is 9.47 Å². The van der Waals surface area contributed by atoms with E-state index in [1.165, 1.54) is 0 Å². The Labute approximate surface area is 132 Å². The summed E-state index contributed by atoms with van der Waals surface area (Å²) < 4.78 is 11.5. The third-order valence-corrected chi connectivity index (χ3v) is 4.82. The van der Waals surface area contributed by atoms with Crippen molar-refractivity contribution in [1.29, 1.82) is 0 Å². The van der Waals surface area contributed by atoms with Crippen molar-refractivity contribution in [3.05, 3.63) is 0 Å². The Bertz CT molecular complexity index is 427. The van der Waals surface area contributed by atoms with E-state index >= 15 is 0 Å². The summed E-state index contributed by atoms with van der Waals surface area (Å²) in [5.41, 5.74) is -0.491. The molecule has 0 aromatic heterocycles. The molecule has 1 amide bonds. The molecule has 3 aliphatic heterocycles. The van der Waals surface area contributed by atoms with Gasteiger partial charge in [-0.25, -0.2) is 4.79 Å². The summed E-state index contributed by atoms with van der Waals surface area (Å²) in [5, 5.41) is 7.07. The van der Waals surface area contributed by atoms with Crippen LogP contribution in [0.2, 0.25) is 0 Å². The Balaban J connectivity index is 1.60. The molecular weight excluding hydrogens is 282 g/mol. The third kappa shape index (κ3) is 3.39. The summed E-state index contributed by atoms with van der Waals surface area (Å²) >= 11 is 0. The molecule has 3 fully saturated rings. The second-order valence-corrected chi connectivity index (χ2v) is 8.07. The minimum Gasteiger partial charge on any atom is -0.444 e. The van der Waals surface area contributed by atoms with Crippen LogP contribution >= 0.6 is 0 Å². The summed E-state index contributed by atoms with van der Waals surface area (Å²) in [6, 6.07) is 0.939. The number of rotatable bonds is 2. The molecule has 0 radical (unpaired) electrons. The van der Waals surface area contributed by atoms with Crippen molar-refractivity contribution in [1.82, 2.24) is 15.5 Å². The molecule has 3 aliphatic rings. The third-order valence-electron chi connectivity index (χ3n) is 4.82. The zero-order chi connectivity index (χ0) is 16.0. The van der Waals surface area contributed by atoms with Gasteiger partial charge in [-0.15, -0.1) is 0 Å². The number of carbonyl (C=O) groups excluding carboxylic acids is 1. The highest BCUT2D eigenvalue weighted by Crippen LogP contribution is 2.35. The number of carbonyl (C=O) groups is 1. The highest BCUT2D eigenvalue weighted by atomic mass is 16.6. The molecule has 4 atom stereocenters. The van der Waals surface area contributed by atoms with E-state index in [1.807, 2.05) is 25.7 Å². The summed E-state index contributed by atoms with van der Waals surface area (Å²) in [4.78, 5) is 14.3. The van der Waals surface area contributed by atoms with E-state index in [2.05, 4.69) is 17.6 Å². The summed E-state index contributed by atoms with van der Waals surface area (Å²) in [7, 11) is 0. The number of hydrogen-bond donors (Lipinski definition) is 2. The van der Waals surface area contributed by atoms with Crippen molar-refractivity contribution in [3.8, 4) is 0 Å². The molecule has 0 spiro atoms. The zero-order valence-corrected chi connectivity index (χ0v) is 14.1. The minimum absolute atomic E-state index is 0.0392. The van der Waals surface area contributed by atoms with Crippen molar-refractivity contribution < 1.29 is 14.3 Å². The maximum Gasteiger partial charge on any atom is 0.410 e. The summed E-state index contributed by atoms with van der Waals surface area (Å²) in [5.74, 6) is 0. The van der Waals surface area contributed by atoms with Gasteiger partial charge in [-0.2, -0.15) is 0 Å². The maximum atomic E-state index is 12.4. The molecule has 126 valence electrons. The largest absolute Gasteiger partial charge is 0.444 e. The average molecular weight is 311 g/mol. The predicted molar refractivity (Wildman–Crippen MR) is 83.9 cm³/mol. The number of ether oxygens (including phenoxy) is 2. The number of hydrogen-bond acceptors (Lipinski definition) is 5. The second kappa shape index (κ2) is 5.65. The molecule has 0 aliphatic carbocycles. The van der Waals surface area contributed by atoms with Gasteiger partial charge in [0.1, 0.15) is 5.60 Å². The molecule has 3 rings (SSSR count). The average Bonchev–Trinajstić information content (AvgIpc) is 2.99. The van der Waals surface area contributed by atoms with Crippen LogP contribution in [0.15, 0.2) is 0 Å². The Hall–Kier alpha value is -0.850. The monoisotopic (exact) mass is 311 g/mol. The highest BCUT2D eigenvalue weighted by Gasteiger charge is 2.48. The Morgan fingerprint density at radius 3 is 2.73 bits per heavy atom. The van der Waals surface area contributed by atoms with Gasteiger partial charge in [0.25, 0.3) is 0 Å². The fourth-order valence-electron chi connectivity index (χ4n) is 3.73. The number of amides is 1. The van der Waals surface area contributed by atoms with Crippen LogP contribution < -0.4 is 10.6 Å². The number of fused-ring (bicyclic) bond motifs is 2. The van der Waals surface area contributed by atoms with E-state index in [0.717, 1.165) is 32.5 Å². The fraction of sp³-hybridized carbons (Fsp3) is 0.938. The molecule has 6 nitrogen and oxygen atoms in total. The van der Waals surface area contributed by atoms with Crippen LogP contribution in [0.4, 0.5) is 4.79 Å². The maximum absolute atomic E-state index is 12.4. The minimum atomic E-state index is -0.451. The summed E-state index contributed by atoms with van der Waals surface area (Å²) in [6.45, 7) is 11.0. The van der Waals surface area contributed by atoms with Crippen molar-refractivity contribution in [2.75, 3.05) is 26.2 Å². The van der Waals surface area contributed by atoms with E-state index in [4.69, 9.17) is 9.47 Å². The van der Waals surface area contributed by atoms with Gasteiger partial charge in [-0.3, -0.25) is 0 Å². The first-order chi connectivity index (χ1) is 10.3. The highest BCUT2D eigenvalue weighted by molar-refractivity contribution is 5.68. The molecular formula is C16H29N3O3. The van der Waals surface area contributed by atoms with Gasteiger partial charge in [-0.05, 0) is 40.5 Å². The van der Waals surface area contributed by atoms with Crippen LogP contribution in [0.3, 0.4) is 0 Å². The van der Waals surface area contributed by atoms with Crippen molar-refractivity contribution in [2.24, 2.45) is 0 Å². The van der Waals surface area contributed by atoms with Gasteiger partial charge >= 0.3 is 6.09 Å². The van der Waals surface area contributed by atoms with Crippen molar-refractivity contribution in [3.63, 3.8) is 0 Å². The Kier molecular flexibility index (Phi) is 4.12. The SMILES string of the molecule is C[C@@H]1CN[C@@H](C[C@]23CN[C@H](CO2)C3)CN1C(=O)OC(C)(C)C. The van der Waals surface area contributed by atoms with E-state index < -0.39 is 5.60 Å². The first kappa shape index (κ1) is 16.0. The molecule has 3 saturated heterocycles. The molecule has 0 saturated carbocycles. The van der Waals surface area contributed by atoms with Gasteiger partial charge in [0.05, 0.1) is 12.2 Å². The number of piperazine rings is 1. The van der Waals surface area contributed by atoms with E-state index in [9.17, 15) is 4.79 Å². The van der Waals surface area contributed by atoms with Crippen molar-refractivity contribution in [2.45, 2.75) is 69.9 Å². The lowest BCUT2D eigenvalue weighted by molar-refractivity contribution is -0.0298. The normalized spacial score (nSPS) is 38.4. The Morgan fingerprint density at radius 1 is 1.41 bits per heavy atom. The van der Waals surface area contributed by atoms with Crippen LogP contribution in [0, 0.1) is 0 Å². The smallest absolute Gasteiger partial charge is 0.410 e. The predicted octanol–water partition coefficient (Wildman–Crippen LogP) is 1.10. The molecule has 2 N–H and O–H groups in total. The topological polar surface area (TPSA) is 62.8 Å². The number of nitrogens with zero attached hydrogens (tertiary/aromatic N) is 1. The molecule has 0 aromatic carbocycles. The van der Waals surface area contributed by atoms with Crippen LogP contribution in [-0.4, -0.2) is 66.6 Å². The van der Waals surface area contributed by atoms with Crippen LogP contribution in [0.1, 0.15) is 40.5 Å². The number of nitrogens with one attached hydrogen (secondary N) is 2. The molecule has 22 heavy (non-hydrogen) atoms. The van der Waals surface area contributed by atoms with E-state index in [0.29, 0.717) is 12.6 Å². The van der Waals surface area contributed by atoms with Crippen LogP contribution in [0.25, 0.3) is 0 Å². The Morgan fingerprint density at radius 2 is 2.18 bits per heavy atom. The lowest BCUT2D eigenvalue weighted by atomic mass is 9.92. The molecule has 3 heterocycles. The first-order valence-electron chi connectivity index (χ1n) is 8.37. The molecule has 0 aromatic rings. The summed E-state index contributed by atoms with van der Waals surface area (Å²) in [6.07, 6.45) is 1.83. The van der Waals surface area contributed by atoms with E-state index in [1.54, 1.807) is 0 Å². The van der Waals surface area contributed by atoms with Gasteiger partial charge in [0.2, 0.25) is 0 Å². The fourth-order valence-corrected chi connectivity index (χ4v) is 3.73. The van der Waals surface area contributed by atoms with Crippen LogP contribution in [0.5, 0.6) is 0 Å². The van der Waals surface area contributed by atoms with Gasteiger partial charge < -0.3 is 25.0 Å². The standard InChI is InChI=1S/C16H29N3O3/c1-11-7-17-12(5-16-6-13(9-21-16)18-10-16)8-19(11)14(20)22-15(2,3)4/h11-13,17-18H,5-10H2,1-4H3/t11-,12+,13+,16+/m1/s1. The zero-order valence-electron chi connectivity index (χ0n) is 14.1. The first-order valence-corrected chi connectivity index (χ1v) is 8.37. The second-order valence-electron chi connectivity index (χ2n) is 8.07. The van der Waals surface area contributed by atoms with Gasteiger partial charge in [-0.1, -0.05) is 0 Å². The quantitative estimate of drug-likeness (QED) is 0.800. The molecule has 0 unspecified atom stereocenters.